The minimum Gasteiger partial charge on any atom is -0.339 e. The largest absolute Gasteiger partial charge is 0.339 e. The van der Waals surface area contributed by atoms with Gasteiger partial charge in [0.25, 0.3) is 5.91 Å². The second kappa shape index (κ2) is 7.43. The van der Waals surface area contributed by atoms with Gasteiger partial charge in [0.2, 0.25) is 0 Å². The lowest BCUT2D eigenvalue weighted by Crippen LogP contribution is -2.41. The summed E-state index contributed by atoms with van der Waals surface area (Å²) in [6.07, 6.45) is 2.38. The van der Waals surface area contributed by atoms with E-state index in [0.29, 0.717) is 23.0 Å². The molecule has 0 spiro atoms. The van der Waals surface area contributed by atoms with Crippen molar-refractivity contribution in [1.82, 2.24) is 10.2 Å². The van der Waals surface area contributed by atoms with Gasteiger partial charge in [-0.1, -0.05) is 27.5 Å². The zero-order valence-corrected chi connectivity index (χ0v) is 14.0. The van der Waals surface area contributed by atoms with Crippen molar-refractivity contribution >= 4 is 33.4 Å². The summed E-state index contributed by atoms with van der Waals surface area (Å²) in [4.78, 5) is 14.5. The van der Waals surface area contributed by atoms with Crippen LogP contribution in [0.3, 0.4) is 0 Å². The number of hydrogen-bond donors (Lipinski definition) is 1. The average molecular weight is 360 g/mol. The Morgan fingerprint density at radius 1 is 1.55 bits per heavy atom. The zero-order valence-electron chi connectivity index (χ0n) is 11.7. The van der Waals surface area contributed by atoms with Gasteiger partial charge >= 0.3 is 0 Å². The molecule has 1 amide bonds. The number of benzene rings is 1. The molecule has 2 rings (SSSR count). The third kappa shape index (κ3) is 3.96. The summed E-state index contributed by atoms with van der Waals surface area (Å²) in [5.74, 6) is 0.567. The van der Waals surface area contributed by atoms with Crippen LogP contribution in [0.4, 0.5) is 0 Å². The zero-order chi connectivity index (χ0) is 14.5. The molecule has 0 bridgehead atoms. The summed E-state index contributed by atoms with van der Waals surface area (Å²) < 4.78 is 0.888. The maximum atomic E-state index is 12.6. The van der Waals surface area contributed by atoms with Crippen molar-refractivity contribution in [2.24, 2.45) is 5.92 Å². The van der Waals surface area contributed by atoms with Crippen LogP contribution in [0, 0.1) is 5.92 Å². The molecule has 1 aromatic carbocycles. The number of piperidine rings is 1. The molecular weight excluding hydrogens is 340 g/mol. The fraction of sp³-hybridized carbons (Fsp3) is 0.533. The molecule has 0 aliphatic carbocycles. The summed E-state index contributed by atoms with van der Waals surface area (Å²) >= 11 is 9.54. The highest BCUT2D eigenvalue weighted by molar-refractivity contribution is 9.10. The van der Waals surface area contributed by atoms with Gasteiger partial charge in [-0.2, -0.15) is 0 Å². The Bertz CT molecular complexity index is 475. The molecule has 3 nitrogen and oxygen atoms in total. The SMILES string of the molecule is CCN(CC1CCCNC1)C(=O)c1ccc(Br)cc1Cl. The topological polar surface area (TPSA) is 32.3 Å². The molecule has 1 aliphatic heterocycles. The van der Waals surface area contributed by atoms with Crippen molar-refractivity contribution in [3.05, 3.63) is 33.3 Å². The third-order valence-electron chi connectivity index (χ3n) is 3.71. The van der Waals surface area contributed by atoms with Crippen LogP contribution < -0.4 is 5.32 Å². The monoisotopic (exact) mass is 358 g/mol. The smallest absolute Gasteiger partial charge is 0.255 e. The van der Waals surface area contributed by atoms with E-state index in [-0.39, 0.29) is 5.91 Å². The molecule has 0 aromatic heterocycles. The molecule has 1 aromatic rings. The normalized spacial score (nSPS) is 18.9. The first-order valence-electron chi connectivity index (χ1n) is 7.07. The van der Waals surface area contributed by atoms with Crippen LogP contribution in [0.15, 0.2) is 22.7 Å². The highest BCUT2D eigenvalue weighted by Crippen LogP contribution is 2.23. The Morgan fingerprint density at radius 2 is 2.35 bits per heavy atom. The molecule has 0 saturated carbocycles. The van der Waals surface area contributed by atoms with Crippen LogP contribution in [0.5, 0.6) is 0 Å². The molecular formula is C15H20BrClN2O. The second-order valence-electron chi connectivity index (χ2n) is 5.18. The standard InChI is InChI=1S/C15H20BrClN2O/c1-2-19(10-11-4-3-7-18-9-11)15(20)13-6-5-12(16)8-14(13)17/h5-6,8,11,18H,2-4,7,9-10H2,1H3. The maximum Gasteiger partial charge on any atom is 0.255 e. The Morgan fingerprint density at radius 3 is 2.95 bits per heavy atom. The summed E-state index contributed by atoms with van der Waals surface area (Å²) in [5, 5.41) is 3.90. The predicted octanol–water partition coefficient (Wildman–Crippen LogP) is 3.56. The van der Waals surface area contributed by atoms with E-state index in [2.05, 4.69) is 21.2 Å². The molecule has 1 aliphatic rings. The number of nitrogens with zero attached hydrogens (tertiary/aromatic N) is 1. The van der Waals surface area contributed by atoms with Crippen molar-refractivity contribution in [1.29, 1.82) is 0 Å². The molecule has 1 atom stereocenters. The van der Waals surface area contributed by atoms with Gasteiger partial charge in [-0.05, 0) is 57.0 Å². The van der Waals surface area contributed by atoms with Gasteiger partial charge in [0, 0.05) is 17.6 Å². The quantitative estimate of drug-likeness (QED) is 0.891. The van der Waals surface area contributed by atoms with Crippen LogP contribution in [0.1, 0.15) is 30.1 Å². The van der Waals surface area contributed by atoms with Gasteiger partial charge in [-0.25, -0.2) is 0 Å². The van der Waals surface area contributed by atoms with Crippen LogP contribution in [0.25, 0.3) is 0 Å². The average Bonchev–Trinajstić information content (AvgIpc) is 2.45. The van der Waals surface area contributed by atoms with E-state index in [1.807, 2.05) is 17.9 Å². The van der Waals surface area contributed by atoms with Crippen LogP contribution in [-0.4, -0.2) is 37.0 Å². The van der Waals surface area contributed by atoms with Crippen molar-refractivity contribution in [3.8, 4) is 0 Å². The number of rotatable bonds is 4. The Balaban J connectivity index is 2.07. The number of carbonyl (C=O) groups excluding carboxylic acids is 1. The molecule has 0 radical (unpaired) electrons. The number of amides is 1. The lowest BCUT2D eigenvalue weighted by atomic mass is 9.98. The van der Waals surface area contributed by atoms with E-state index in [9.17, 15) is 4.79 Å². The van der Waals surface area contributed by atoms with E-state index < -0.39 is 0 Å². The first-order valence-corrected chi connectivity index (χ1v) is 8.24. The van der Waals surface area contributed by atoms with Gasteiger partial charge in [0.1, 0.15) is 0 Å². The first-order chi connectivity index (χ1) is 9.61. The van der Waals surface area contributed by atoms with Gasteiger partial charge in [0.05, 0.1) is 10.6 Å². The fourth-order valence-corrected chi connectivity index (χ4v) is 3.33. The highest BCUT2D eigenvalue weighted by atomic mass is 79.9. The van der Waals surface area contributed by atoms with Gasteiger partial charge in [-0.3, -0.25) is 4.79 Å². The summed E-state index contributed by atoms with van der Waals surface area (Å²) in [6.45, 7) is 5.62. The first kappa shape index (κ1) is 15.8. The highest BCUT2D eigenvalue weighted by Gasteiger charge is 2.22. The van der Waals surface area contributed by atoms with Crippen molar-refractivity contribution in [3.63, 3.8) is 0 Å². The second-order valence-corrected chi connectivity index (χ2v) is 6.50. The molecule has 1 N–H and O–H groups in total. The summed E-state index contributed by atoms with van der Waals surface area (Å²) in [7, 11) is 0. The molecule has 20 heavy (non-hydrogen) atoms. The van der Waals surface area contributed by atoms with Crippen molar-refractivity contribution in [2.45, 2.75) is 19.8 Å². The summed E-state index contributed by atoms with van der Waals surface area (Å²) in [6, 6.07) is 5.41. The molecule has 5 heteroatoms. The van der Waals surface area contributed by atoms with E-state index in [0.717, 1.165) is 24.1 Å². The lowest BCUT2D eigenvalue weighted by Gasteiger charge is -2.29. The lowest BCUT2D eigenvalue weighted by molar-refractivity contribution is 0.0729. The number of carbonyl (C=O) groups is 1. The van der Waals surface area contributed by atoms with Gasteiger partial charge in [-0.15, -0.1) is 0 Å². The van der Waals surface area contributed by atoms with Crippen LogP contribution in [-0.2, 0) is 0 Å². The number of halogens is 2. The van der Waals surface area contributed by atoms with Crippen molar-refractivity contribution in [2.75, 3.05) is 26.2 Å². The minimum atomic E-state index is 0.0237. The third-order valence-corrected chi connectivity index (χ3v) is 4.51. The molecule has 1 fully saturated rings. The minimum absolute atomic E-state index is 0.0237. The summed E-state index contributed by atoms with van der Waals surface area (Å²) in [5.41, 5.74) is 0.584. The fourth-order valence-electron chi connectivity index (χ4n) is 2.58. The van der Waals surface area contributed by atoms with Crippen LogP contribution >= 0.6 is 27.5 Å². The maximum absolute atomic E-state index is 12.6. The molecule has 1 unspecified atom stereocenters. The number of nitrogens with one attached hydrogen (secondary N) is 1. The Hall–Kier alpha value is -0.580. The van der Waals surface area contributed by atoms with E-state index in [1.165, 1.54) is 12.8 Å². The van der Waals surface area contributed by atoms with Crippen molar-refractivity contribution < 1.29 is 4.79 Å². The van der Waals surface area contributed by atoms with E-state index >= 15 is 0 Å². The number of hydrogen-bond acceptors (Lipinski definition) is 2. The molecule has 1 saturated heterocycles. The van der Waals surface area contributed by atoms with Crippen LogP contribution in [0.2, 0.25) is 5.02 Å². The van der Waals surface area contributed by atoms with Gasteiger partial charge in [0.15, 0.2) is 0 Å². The molecule has 1 heterocycles. The Kier molecular flexibility index (Phi) is 5.87. The predicted molar refractivity (Wildman–Crippen MR) is 86.3 cm³/mol. The van der Waals surface area contributed by atoms with Gasteiger partial charge < -0.3 is 10.2 Å². The Labute approximate surface area is 133 Å². The molecule has 110 valence electrons. The van der Waals surface area contributed by atoms with E-state index in [4.69, 9.17) is 11.6 Å². The van der Waals surface area contributed by atoms with E-state index in [1.54, 1.807) is 12.1 Å².